The van der Waals surface area contributed by atoms with E-state index in [0.29, 0.717) is 10.7 Å². The van der Waals surface area contributed by atoms with Crippen molar-refractivity contribution in [2.24, 2.45) is 0 Å². The fraction of sp³-hybridized carbons (Fsp3) is 0. The number of phenols is 1. The first-order chi connectivity index (χ1) is 8.74. The average Bonchev–Trinajstić information content (AvgIpc) is 2.82. The third-order valence-corrected chi connectivity index (χ3v) is 3.06. The maximum Gasteiger partial charge on any atom is 0.140 e. The number of phenolic OH excluding ortho intramolecular Hbond substituents is 1. The molecule has 0 radical (unpaired) electrons. The minimum atomic E-state index is 0.134. The molecule has 0 spiro atoms. The molecule has 0 aliphatic carbocycles. The lowest BCUT2D eigenvalue weighted by molar-refractivity contribution is 0.478. The predicted octanol–water partition coefficient (Wildman–Crippen LogP) is 4.27. The van der Waals surface area contributed by atoms with Gasteiger partial charge in [0, 0.05) is 33.9 Å². The number of benzene rings is 2. The van der Waals surface area contributed by atoms with Crippen LogP contribution in [0.5, 0.6) is 5.75 Å². The topological polar surface area (TPSA) is 48.0 Å². The van der Waals surface area contributed by atoms with Crippen molar-refractivity contribution < 1.29 is 5.11 Å². The van der Waals surface area contributed by atoms with Gasteiger partial charge < -0.3 is 15.4 Å². The molecule has 0 bridgehead atoms. The van der Waals surface area contributed by atoms with Gasteiger partial charge in [0.1, 0.15) is 5.75 Å². The molecule has 3 nitrogen and oxygen atoms in total. The SMILES string of the molecule is Oc1cc(Cl)ccc1Nc1cccc2[nH]ccc12. The summed E-state index contributed by atoms with van der Waals surface area (Å²) in [5.41, 5.74) is 2.62. The van der Waals surface area contributed by atoms with Crippen molar-refractivity contribution >= 4 is 33.9 Å². The number of hydrogen-bond donors (Lipinski definition) is 3. The summed E-state index contributed by atoms with van der Waals surface area (Å²) in [4.78, 5) is 3.15. The molecular formula is C14H11ClN2O. The van der Waals surface area contributed by atoms with Crippen LogP contribution in [0.25, 0.3) is 10.9 Å². The Balaban J connectivity index is 2.03. The van der Waals surface area contributed by atoms with E-state index in [-0.39, 0.29) is 5.75 Å². The van der Waals surface area contributed by atoms with E-state index >= 15 is 0 Å². The van der Waals surface area contributed by atoms with Gasteiger partial charge >= 0.3 is 0 Å². The van der Waals surface area contributed by atoms with Crippen LogP contribution in [0, 0.1) is 0 Å². The maximum absolute atomic E-state index is 9.82. The van der Waals surface area contributed by atoms with Crippen LogP contribution in [0.15, 0.2) is 48.7 Å². The van der Waals surface area contributed by atoms with E-state index in [1.807, 2.05) is 30.5 Å². The molecule has 0 saturated heterocycles. The molecule has 2 aromatic carbocycles. The molecule has 0 aliphatic heterocycles. The van der Waals surface area contributed by atoms with Gasteiger partial charge in [0.2, 0.25) is 0 Å². The molecule has 1 heterocycles. The van der Waals surface area contributed by atoms with E-state index in [0.717, 1.165) is 16.6 Å². The number of halogens is 1. The molecule has 4 heteroatoms. The second kappa shape index (κ2) is 4.27. The highest BCUT2D eigenvalue weighted by Gasteiger charge is 2.05. The zero-order valence-electron chi connectivity index (χ0n) is 9.44. The number of anilines is 2. The largest absolute Gasteiger partial charge is 0.506 e. The lowest BCUT2D eigenvalue weighted by Crippen LogP contribution is -1.91. The van der Waals surface area contributed by atoms with Gasteiger partial charge in [-0.3, -0.25) is 0 Å². The maximum atomic E-state index is 9.82. The first-order valence-corrected chi connectivity index (χ1v) is 5.93. The Labute approximate surface area is 109 Å². The Bertz CT molecular complexity index is 706. The van der Waals surface area contributed by atoms with Crippen LogP contribution in [0.2, 0.25) is 5.02 Å². The molecular weight excluding hydrogens is 248 g/mol. The van der Waals surface area contributed by atoms with Gasteiger partial charge in [0.25, 0.3) is 0 Å². The quantitative estimate of drug-likeness (QED) is 0.601. The first-order valence-electron chi connectivity index (χ1n) is 5.56. The Morgan fingerprint density at radius 2 is 1.94 bits per heavy atom. The summed E-state index contributed by atoms with van der Waals surface area (Å²) >= 11 is 5.80. The summed E-state index contributed by atoms with van der Waals surface area (Å²) in [5, 5.41) is 14.6. The summed E-state index contributed by atoms with van der Waals surface area (Å²) in [6.45, 7) is 0. The zero-order valence-corrected chi connectivity index (χ0v) is 10.2. The molecule has 90 valence electrons. The van der Waals surface area contributed by atoms with Crippen LogP contribution in [0.3, 0.4) is 0 Å². The highest BCUT2D eigenvalue weighted by Crippen LogP contribution is 2.32. The summed E-state index contributed by atoms with van der Waals surface area (Å²) < 4.78 is 0. The minimum Gasteiger partial charge on any atom is -0.506 e. The van der Waals surface area contributed by atoms with Crippen LogP contribution in [-0.2, 0) is 0 Å². The van der Waals surface area contributed by atoms with Gasteiger partial charge in [0.15, 0.2) is 0 Å². The van der Waals surface area contributed by atoms with Crippen molar-refractivity contribution in [2.45, 2.75) is 0 Å². The van der Waals surface area contributed by atoms with Gasteiger partial charge in [-0.1, -0.05) is 17.7 Å². The van der Waals surface area contributed by atoms with Crippen molar-refractivity contribution in [1.82, 2.24) is 4.98 Å². The third-order valence-electron chi connectivity index (χ3n) is 2.82. The molecule has 0 unspecified atom stereocenters. The van der Waals surface area contributed by atoms with Crippen molar-refractivity contribution in [2.75, 3.05) is 5.32 Å². The molecule has 18 heavy (non-hydrogen) atoms. The van der Waals surface area contributed by atoms with Gasteiger partial charge in [-0.05, 0) is 30.3 Å². The Morgan fingerprint density at radius 1 is 1.06 bits per heavy atom. The summed E-state index contributed by atoms with van der Waals surface area (Å²) in [6.07, 6.45) is 1.89. The number of nitrogens with one attached hydrogen (secondary N) is 2. The van der Waals surface area contributed by atoms with Crippen molar-refractivity contribution in [3.05, 3.63) is 53.7 Å². The van der Waals surface area contributed by atoms with Crippen LogP contribution in [0.1, 0.15) is 0 Å². The van der Waals surface area contributed by atoms with Crippen molar-refractivity contribution in [3.8, 4) is 5.75 Å². The Hall–Kier alpha value is -2.13. The van der Waals surface area contributed by atoms with E-state index < -0.39 is 0 Å². The van der Waals surface area contributed by atoms with Crippen molar-refractivity contribution in [1.29, 1.82) is 0 Å². The normalized spacial score (nSPS) is 10.7. The number of H-pyrrole nitrogens is 1. The lowest BCUT2D eigenvalue weighted by atomic mass is 10.2. The van der Waals surface area contributed by atoms with E-state index in [9.17, 15) is 5.11 Å². The Kier molecular flexibility index (Phi) is 2.61. The minimum absolute atomic E-state index is 0.134. The number of fused-ring (bicyclic) bond motifs is 1. The lowest BCUT2D eigenvalue weighted by Gasteiger charge is -2.09. The second-order valence-corrected chi connectivity index (χ2v) is 4.47. The van der Waals surface area contributed by atoms with E-state index in [4.69, 9.17) is 11.6 Å². The summed E-state index contributed by atoms with van der Waals surface area (Å²) in [5.74, 6) is 0.134. The van der Waals surface area contributed by atoms with Crippen LogP contribution in [0.4, 0.5) is 11.4 Å². The molecule has 0 fully saturated rings. The molecule has 0 aliphatic rings. The number of hydrogen-bond acceptors (Lipinski definition) is 2. The van der Waals surface area contributed by atoms with Crippen LogP contribution in [-0.4, -0.2) is 10.1 Å². The van der Waals surface area contributed by atoms with Crippen LogP contribution < -0.4 is 5.32 Å². The molecule has 0 amide bonds. The second-order valence-electron chi connectivity index (χ2n) is 4.03. The van der Waals surface area contributed by atoms with E-state index in [2.05, 4.69) is 10.3 Å². The molecule has 0 saturated carbocycles. The van der Waals surface area contributed by atoms with Gasteiger partial charge in [-0.25, -0.2) is 0 Å². The molecule has 1 aromatic heterocycles. The smallest absolute Gasteiger partial charge is 0.140 e. The number of aromatic hydroxyl groups is 1. The molecule has 0 atom stereocenters. The van der Waals surface area contributed by atoms with E-state index in [1.165, 1.54) is 6.07 Å². The third kappa shape index (κ3) is 1.89. The summed E-state index contributed by atoms with van der Waals surface area (Å²) in [6, 6.07) is 12.9. The number of rotatable bonds is 2. The first kappa shape index (κ1) is 11.0. The molecule has 3 N–H and O–H groups in total. The number of aromatic nitrogens is 1. The standard InChI is InChI=1S/C14H11ClN2O/c15-9-4-5-13(14(18)8-9)17-12-3-1-2-11-10(12)6-7-16-11/h1-8,16-18H. The molecule has 3 aromatic rings. The average molecular weight is 259 g/mol. The number of aromatic amines is 1. The van der Waals surface area contributed by atoms with E-state index in [1.54, 1.807) is 12.1 Å². The summed E-state index contributed by atoms with van der Waals surface area (Å²) in [7, 11) is 0. The zero-order chi connectivity index (χ0) is 12.5. The van der Waals surface area contributed by atoms with Crippen LogP contribution >= 0.6 is 11.6 Å². The predicted molar refractivity (Wildman–Crippen MR) is 74.7 cm³/mol. The Morgan fingerprint density at radius 3 is 2.78 bits per heavy atom. The van der Waals surface area contributed by atoms with Gasteiger partial charge in [0.05, 0.1) is 5.69 Å². The molecule has 3 rings (SSSR count). The van der Waals surface area contributed by atoms with Crippen molar-refractivity contribution in [3.63, 3.8) is 0 Å². The van der Waals surface area contributed by atoms with Gasteiger partial charge in [-0.2, -0.15) is 0 Å². The fourth-order valence-corrected chi connectivity index (χ4v) is 2.12. The highest BCUT2D eigenvalue weighted by atomic mass is 35.5. The van der Waals surface area contributed by atoms with Gasteiger partial charge in [-0.15, -0.1) is 0 Å². The highest BCUT2D eigenvalue weighted by molar-refractivity contribution is 6.30. The fourth-order valence-electron chi connectivity index (χ4n) is 1.95. The monoisotopic (exact) mass is 258 g/mol.